The van der Waals surface area contributed by atoms with E-state index in [1.807, 2.05) is 20.8 Å². The number of nitrogens with two attached hydrogens (primary N) is 2. The van der Waals surface area contributed by atoms with Gasteiger partial charge in [0.1, 0.15) is 0 Å². The Labute approximate surface area is 69.3 Å². The van der Waals surface area contributed by atoms with Crippen LogP contribution in [0.15, 0.2) is 36.2 Å². The second-order valence-electron chi connectivity index (χ2n) is 1.60. The molecule has 0 aromatic heterocycles. The molecule has 0 saturated heterocycles. The Balaban J connectivity index is 0. The summed E-state index contributed by atoms with van der Waals surface area (Å²) in [5.74, 6) is 0. The Morgan fingerprint density at radius 3 is 1.91 bits per heavy atom. The predicted molar refractivity (Wildman–Crippen MR) is 51.8 cm³/mol. The molecule has 0 aliphatic heterocycles. The second-order valence-corrected chi connectivity index (χ2v) is 1.60. The van der Waals surface area contributed by atoms with Crippen LogP contribution in [0.3, 0.4) is 0 Å². The molecular formula is C9H18N2. The van der Waals surface area contributed by atoms with Crippen LogP contribution < -0.4 is 11.5 Å². The molecule has 0 heterocycles. The van der Waals surface area contributed by atoms with E-state index < -0.39 is 0 Å². The van der Waals surface area contributed by atoms with Crippen molar-refractivity contribution in [2.45, 2.75) is 20.8 Å². The third-order valence-corrected chi connectivity index (χ3v) is 0.942. The Kier molecular flexibility index (Phi) is 10.0. The quantitative estimate of drug-likeness (QED) is 0.597. The van der Waals surface area contributed by atoms with Crippen LogP contribution in [0.2, 0.25) is 0 Å². The average Bonchev–Trinajstić information content (AvgIpc) is 2.07. The molecule has 0 spiro atoms. The predicted octanol–water partition coefficient (Wildman–Crippen LogP) is 1.90. The molecule has 0 rings (SSSR count). The van der Waals surface area contributed by atoms with E-state index in [1.54, 1.807) is 18.2 Å². The van der Waals surface area contributed by atoms with Crippen LogP contribution in [0, 0.1) is 0 Å². The molecule has 0 aromatic carbocycles. The van der Waals surface area contributed by atoms with E-state index in [4.69, 9.17) is 11.5 Å². The van der Waals surface area contributed by atoms with Crippen molar-refractivity contribution in [3.63, 3.8) is 0 Å². The fourth-order valence-corrected chi connectivity index (χ4v) is 0.390. The molecule has 0 amide bonds. The standard InChI is InChI=1S/C7H12N2.C2H6/c1-3-5-7(9)6(8)4-2;1-2/h3-5H,1,8-9H2,2H3;1-2H3/b6-4+,7-5+;. The van der Waals surface area contributed by atoms with Gasteiger partial charge in [-0.15, -0.1) is 0 Å². The van der Waals surface area contributed by atoms with E-state index in [0.29, 0.717) is 11.4 Å². The zero-order chi connectivity index (χ0) is 9.28. The van der Waals surface area contributed by atoms with Crippen LogP contribution >= 0.6 is 0 Å². The van der Waals surface area contributed by atoms with Gasteiger partial charge in [0.05, 0.1) is 11.4 Å². The summed E-state index contributed by atoms with van der Waals surface area (Å²) >= 11 is 0. The third-order valence-electron chi connectivity index (χ3n) is 0.942. The first-order chi connectivity index (χ1) is 5.22. The topological polar surface area (TPSA) is 52.0 Å². The van der Waals surface area contributed by atoms with Crippen molar-refractivity contribution in [3.05, 3.63) is 36.2 Å². The molecule has 0 aliphatic rings. The van der Waals surface area contributed by atoms with Crippen LogP contribution in [-0.4, -0.2) is 0 Å². The van der Waals surface area contributed by atoms with Gasteiger partial charge in [-0.3, -0.25) is 0 Å². The normalized spacial score (nSPS) is 11.5. The van der Waals surface area contributed by atoms with Crippen molar-refractivity contribution in [2.75, 3.05) is 0 Å². The molecule has 11 heavy (non-hydrogen) atoms. The minimum atomic E-state index is 0.563. The Morgan fingerprint density at radius 1 is 1.18 bits per heavy atom. The maximum absolute atomic E-state index is 5.43. The molecule has 0 atom stereocenters. The molecule has 2 heteroatoms. The van der Waals surface area contributed by atoms with Crippen LogP contribution in [0.1, 0.15) is 20.8 Å². The first-order valence-corrected chi connectivity index (χ1v) is 3.72. The monoisotopic (exact) mass is 154 g/mol. The lowest BCUT2D eigenvalue weighted by molar-refractivity contribution is 1.23. The van der Waals surface area contributed by atoms with Crippen molar-refractivity contribution in [1.29, 1.82) is 0 Å². The van der Waals surface area contributed by atoms with E-state index >= 15 is 0 Å². The summed E-state index contributed by atoms with van der Waals surface area (Å²) in [6, 6.07) is 0. The second kappa shape index (κ2) is 8.82. The van der Waals surface area contributed by atoms with Crippen molar-refractivity contribution in [3.8, 4) is 0 Å². The molecule has 0 bridgehead atoms. The van der Waals surface area contributed by atoms with Gasteiger partial charge < -0.3 is 11.5 Å². The zero-order valence-corrected chi connectivity index (χ0v) is 7.59. The highest BCUT2D eigenvalue weighted by molar-refractivity contribution is 5.27. The SMILES string of the molecule is C=C/C=C(N)\C(N)=C/C.CC. The fourth-order valence-electron chi connectivity index (χ4n) is 0.390. The lowest BCUT2D eigenvalue weighted by atomic mass is 10.3. The van der Waals surface area contributed by atoms with Crippen LogP contribution in [0.25, 0.3) is 0 Å². The van der Waals surface area contributed by atoms with Gasteiger partial charge in [-0.2, -0.15) is 0 Å². The number of allylic oxidation sites excluding steroid dienone is 3. The largest absolute Gasteiger partial charge is 0.397 e. The summed E-state index contributed by atoms with van der Waals surface area (Å²) in [6.07, 6.45) is 5.01. The smallest absolute Gasteiger partial charge is 0.0544 e. The van der Waals surface area contributed by atoms with Gasteiger partial charge in [0.2, 0.25) is 0 Å². The van der Waals surface area contributed by atoms with E-state index in [-0.39, 0.29) is 0 Å². The summed E-state index contributed by atoms with van der Waals surface area (Å²) in [5.41, 5.74) is 12.0. The summed E-state index contributed by atoms with van der Waals surface area (Å²) in [7, 11) is 0. The Bertz CT molecular complexity index is 155. The number of hydrogen-bond donors (Lipinski definition) is 2. The van der Waals surface area contributed by atoms with Gasteiger partial charge in [-0.25, -0.2) is 0 Å². The lowest BCUT2D eigenvalue weighted by Gasteiger charge is -1.96. The molecule has 2 nitrogen and oxygen atoms in total. The highest BCUT2D eigenvalue weighted by Gasteiger charge is 1.87. The van der Waals surface area contributed by atoms with Gasteiger partial charge in [0, 0.05) is 0 Å². The molecule has 0 saturated carbocycles. The van der Waals surface area contributed by atoms with E-state index in [0.717, 1.165) is 0 Å². The maximum Gasteiger partial charge on any atom is 0.0544 e. The lowest BCUT2D eigenvalue weighted by Crippen LogP contribution is -2.07. The first kappa shape index (κ1) is 12.5. The van der Waals surface area contributed by atoms with Gasteiger partial charge in [0.25, 0.3) is 0 Å². The van der Waals surface area contributed by atoms with E-state index in [2.05, 4.69) is 6.58 Å². The Morgan fingerprint density at radius 2 is 1.64 bits per heavy atom. The zero-order valence-electron chi connectivity index (χ0n) is 7.59. The summed E-state index contributed by atoms with van der Waals surface area (Å²) in [4.78, 5) is 0. The summed E-state index contributed by atoms with van der Waals surface area (Å²) in [5, 5.41) is 0. The molecule has 0 fully saturated rings. The van der Waals surface area contributed by atoms with Gasteiger partial charge in [-0.1, -0.05) is 32.6 Å². The maximum atomic E-state index is 5.43. The van der Waals surface area contributed by atoms with Gasteiger partial charge in [0.15, 0.2) is 0 Å². The molecule has 0 unspecified atom stereocenters. The van der Waals surface area contributed by atoms with Gasteiger partial charge in [-0.05, 0) is 13.0 Å². The molecule has 0 aromatic rings. The molecule has 64 valence electrons. The van der Waals surface area contributed by atoms with Crippen molar-refractivity contribution in [2.24, 2.45) is 11.5 Å². The molecular weight excluding hydrogens is 136 g/mol. The number of rotatable bonds is 2. The first-order valence-electron chi connectivity index (χ1n) is 3.72. The van der Waals surface area contributed by atoms with E-state index in [9.17, 15) is 0 Å². The molecule has 4 N–H and O–H groups in total. The van der Waals surface area contributed by atoms with E-state index in [1.165, 1.54) is 0 Å². The van der Waals surface area contributed by atoms with Crippen LogP contribution in [-0.2, 0) is 0 Å². The van der Waals surface area contributed by atoms with Crippen molar-refractivity contribution >= 4 is 0 Å². The fraction of sp³-hybridized carbons (Fsp3) is 0.333. The van der Waals surface area contributed by atoms with Crippen LogP contribution in [0.5, 0.6) is 0 Å². The minimum absolute atomic E-state index is 0.563. The molecule has 0 aliphatic carbocycles. The number of hydrogen-bond acceptors (Lipinski definition) is 2. The third kappa shape index (κ3) is 6.71. The highest BCUT2D eigenvalue weighted by atomic mass is 14.7. The minimum Gasteiger partial charge on any atom is -0.397 e. The Hall–Kier alpha value is -1.18. The van der Waals surface area contributed by atoms with Crippen molar-refractivity contribution in [1.82, 2.24) is 0 Å². The summed E-state index contributed by atoms with van der Waals surface area (Å²) < 4.78 is 0. The molecule has 0 radical (unpaired) electrons. The highest BCUT2D eigenvalue weighted by Crippen LogP contribution is 1.93. The van der Waals surface area contributed by atoms with Crippen molar-refractivity contribution < 1.29 is 0 Å². The van der Waals surface area contributed by atoms with Gasteiger partial charge >= 0.3 is 0 Å². The average molecular weight is 154 g/mol. The summed E-state index contributed by atoms with van der Waals surface area (Å²) in [6.45, 7) is 9.31. The van der Waals surface area contributed by atoms with Crippen LogP contribution in [0.4, 0.5) is 0 Å².